The Hall–Kier alpha value is -1.92. The molecular formula is C17H22N2O4. The second-order valence-electron chi connectivity index (χ2n) is 6.11. The van der Waals surface area contributed by atoms with Crippen LogP contribution >= 0.6 is 0 Å². The molecule has 2 atom stereocenters. The van der Waals surface area contributed by atoms with Crippen LogP contribution < -0.4 is 5.32 Å². The van der Waals surface area contributed by atoms with Gasteiger partial charge in [0, 0.05) is 26.2 Å². The van der Waals surface area contributed by atoms with Crippen LogP contribution in [0.5, 0.6) is 0 Å². The number of benzene rings is 1. The van der Waals surface area contributed by atoms with Gasteiger partial charge in [0.05, 0.1) is 0 Å². The quantitative estimate of drug-likeness (QED) is 0.839. The number of amides is 1. The van der Waals surface area contributed by atoms with E-state index in [-0.39, 0.29) is 5.91 Å². The summed E-state index contributed by atoms with van der Waals surface area (Å²) >= 11 is 0. The lowest BCUT2D eigenvalue weighted by Gasteiger charge is -2.28. The SMILES string of the molecule is O=C(NCCN1CCc2ccccc2C1)[C@@H]1CC[C@H](C(=O)O)O1. The molecule has 6 nitrogen and oxygen atoms in total. The summed E-state index contributed by atoms with van der Waals surface area (Å²) < 4.78 is 5.25. The van der Waals surface area contributed by atoms with Crippen LogP contribution in [-0.2, 0) is 27.3 Å². The van der Waals surface area contributed by atoms with Gasteiger partial charge in [-0.2, -0.15) is 0 Å². The van der Waals surface area contributed by atoms with Gasteiger partial charge in [0.1, 0.15) is 6.10 Å². The first-order chi connectivity index (χ1) is 11.1. The van der Waals surface area contributed by atoms with Crippen LogP contribution in [0.2, 0.25) is 0 Å². The van der Waals surface area contributed by atoms with Crippen molar-refractivity contribution in [3.05, 3.63) is 35.4 Å². The highest BCUT2D eigenvalue weighted by molar-refractivity contribution is 5.82. The highest BCUT2D eigenvalue weighted by Crippen LogP contribution is 2.20. The van der Waals surface area contributed by atoms with Crippen LogP contribution in [0.4, 0.5) is 0 Å². The smallest absolute Gasteiger partial charge is 0.332 e. The summed E-state index contributed by atoms with van der Waals surface area (Å²) in [7, 11) is 0. The summed E-state index contributed by atoms with van der Waals surface area (Å²) in [4.78, 5) is 25.2. The molecule has 1 amide bonds. The Bertz CT molecular complexity index is 590. The van der Waals surface area contributed by atoms with E-state index in [0.29, 0.717) is 19.4 Å². The van der Waals surface area contributed by atoms with Gasteiger partial charge in [0.25, 0.3) is 0 Å². The third-order valence-corrected chi connectivity index (χ3v) is 4.52. The van der Waals surface area contributed by atoms with Gasteiger partial charge in [0.15, 0.2) is 6.10 Å². The van der Waals surface area contributed by atoms with Crippen molar-refractivity contribution in [1.29, 1.82) is 0 Å². The minimum Gasteiger partial charge on any atom is -0.479 e. The fourth-order valence-corrected chi connectivity index (χ4v) is 3.21. The van der Waals surface area contributed by atoms with Crippen LogP contribution in [0.15, 0.2) is 24.3 Å². The molecule has 124 valence electrons. The molecular weight excluding hydrogens is 296 g/mol. The Kier molecular flexibility index (Phi) is 4.93. The molecule has 6 heteroatoms. The number of nitrogens with zero attached hydrogens (tertiary/aromatic N) is 1. The fraction of sp³-hybridized carbons (Fsp3) is 0.529. The molecule has 2 aliphatic heterocycles. The molecule has 3 rings (SSSR count). The Labute approximate surface area is 135 Å². The molecule has 1 fully saturated rings. The number of carbonyl (C=O) groups is 2. The van der Waals surface area contributed by atoms with E-state index in [1.54, 1.807) is 0 Å². The van der Waals surface area contributed by atoms with Gasteiger partial charge >= 0.3 is 5.97 Å². The van der Waals surface area contributed by atoms with E-state index in [1.165, 1.54) is 11.1 Å². The lowest BCUT2D eigenvalue weighted by Crippen LogP contribution is -2.41. The predicted molar refractivity (Wildman–Crippen MR) is 84.0 cm³/mol. The summed E-state index contributed by atoms with van der Waals surface area (Å²) in [6, 6.07) is 8.45. The van der Waals surface area contributed by atoms with Crippen LogP contribution in [0.3, 0.4) is 0 Å². The topological polar surface area (TPSA) is 78.9 Å². The number of ether oxygens (including phenoxy) is 1. The van der Waals surface area contributed by atoms with Gasteiger partial charge in [-0.1, -0.05) is 24.3 Å². The first-order valence-electron chi connectivity index (χ1n) is 8.08. The van der Waals surface area contributed by atoms with Gasteiger partial charge in [-0.3, -0.25) is 9.69 Å². The molecule has 2 aliphatic rings. The van der Waals surface area contributed by atoms with E-state index in [9.17, 15) is 9.59 Å². The average Bonchev–Trinajstić information content (AvgIpc) is 3.05. The van der Waals surface area contributed by atoms with E-state index in [4.69, 9.17) is 9.84 Å². The minimum absolute atomic E-state index is 0.203. The molecule has 0 radical (unpaired) electrons. The normalized spacial score (nSPS) is 24.2. The second kappa shape index (κ2) is 7.10. The zero-order valence-corrected chi connectivity index (χ0v) is 13.0. The van der Waals surface area contributed by atoms with Crippen molar-refractivity contribution < 1.29 is 19.4 Å². The maximum absolute atomic E-state index is 12.0. The van der Waals surface area contributed by atoms with Crippen molar-refractivity contribution in [2.45, 2.75) is 38.0 Å². The van der Waals surface area contributed by atoms with Crippen molar-refractivity contribution >= 4 is 11.9 Å². The summed E-state index contributed by atoms with van der Waals surface area (Å²) in [5.41, 5.74) is 2.76. The zero-order chi connectivity index (χ0) is 16.2. The molecule has 23 heavy (non-hydrogen) atoms. The van der Waals surface area contributed by atoms with E-state index < -0.39 is 18.2 Å². The van der Waals surface area contributed by atoms with Gasteiger partial charge < -0.3 is 15.2 Å². The molecule has 0 aromatic heterocycles. The van der Waals surface area contributed by atoms with E-state index in [2.05, 4.69) is 34.5 Å². The monoisotopic (exact) mass is 318 g/mol. The molecule has 0 saturated carbocycles. The molecule has 2 N–H and O–H groups in total. The maximum Gasteiger partial charge on any atom is 0.332 e. The number of rotatable bonds is 5. The first kappa shape index (κ1) is 16.0. The standard InChI is InChI=1S/C17H22N2O4/c20-16(14-5-6-15(23-14)17(21)22)18-8-10-19-9-7-12-3-1-2-4-13(12)11-19/h1-4,14-15H,5-11H2,(H,18,20)(H,21,22)/t14-,15+/m0/s1. The molecule has 0 aliphatic carbocycles. The van der Waals surface area contributed by atoms with Crippen molar-refractivity contribution in [2.75, 3.05) is 19.6 Å². The molecule has 2 heterocycles. The van der Waals surface area contributed by atoms with Crippen molar-refractivity contribution in [3.8, 4) is 0 Å². The number of fused-ring (bicyclic) bond motifs is 1. The Morgan fingerprint density at radius 3 is 2.70 bits per heavy atom. The summed E-state index contributed by atoms with van der Waals surface area (Å²) in [6.45, 7) is 3.24. The fourth-order valence-electron chi connectivity index (χ4n) is 3.21. The molecule has 0 bridgehead atoms. The number of nitrogens with one attached hydrogen (secondary N) is 1. The van der Waals surface area contributed by atoms with Gasteiger partial charge in [-0.05, 0) is 30.4 Å². The highest BCUT2D eigenvalue weighted by Gasteiger charge is 2.34. The summed E-state index contributed by atoms with van der Waals surface area (Å²) in [6.07, 6.45) is 0.439. The number of carbonyl (C=O) groups excluding carboxylic acids is 1. The molecule has 0 spiro atoms. The van der Waals surface area contributed by atoms with Gasteiger partial charge in [0.2, 0.25) is 5.91 Å². The van der Waals surface area contributed by atoms with Gasteiger partial charge in [-0.15, -0.1) is 0 Å². The van der Waals surface area contributed by atoms with E-state index >= 15 is 0 Å². The Balaban J connectivity index is 1.40. The third kappa shape index (κ3) is 3.89. The van der Waals surface area contributed by atoms with Crippen LogP contribution in [0.25, 0.3) is 0 Å². The van der Waals surface area contributed by atoms with Crippen LogP contribution in [-0.4, -0.2) is 53.7 Å². The average molecular weight is 318 g/mol. The second-order valence-corrected chi connectivity index (χ2v) is 6.11. The van der Waals surface area contributed by atoms with Crippen LogP contribution in [0.1, 0.15) is 24.0 Å². The van der Waals surface area contributed by atoms with Gasteiger partial charge in [-0.25, -0.2) is 4.79 Å². The summed E-state index contributed by atoms with van der Waals surface area (Å²) in [5.74, 6) is -1.20. The van der Waals surface area contributed by atoms with E-state index in [0.717, 1.165) is 26.1 Å². The van der Waals surface area contributed by atoms with Crippen molar-refractivity contribution in [1.82, 2.24) is 10.2 Å². The predicted octanol–water partition coefficient (Wildman–Crippen LogP) is 0.793. The molecule has 1 aromatic carbocycles. The van der Waals surface area contributed by atoms with E-state index in [1.807, 2.05) is 0 Å². The number of carboxylic acids is 1. The lowest BCUT2D eigenvalue weighted by atomic mass is 10.00. The third-order valence-electron chi connectivity index (χ3n) is 4.52. The van der Waals surface area contributed by atoms with Crippen LogP contribution in [0, 0.1) is 0 Å². The minimum atomic E-state index is -0.993. The largest absolute Gasteiger partial charge is 0.479 e. The molecule has 1 aromatic rings. The maximum atomic E-state index is 12.0. The molecule has 1 saturated heterocycles. The zero-order valence-electron chi connectivity index (χ0n) is 13.0. The molecule has 0 unspecified atom stereocenters. The summed E-state index contributed by atoms with van der Waals surface area (Å²) in [5, 5.41) is 11.7. The highest BCUT2D eigenvalue weighted by atomic mass is 16.5. The Morgan fingerprint density at radius 2 is 1.96 bits per heavy atom. The number of hydrogen-bond acceptors (Lipinski definition) is 4. The Morgan fingerprint density at radius 1 is 1.22 bits per heavy atom. The lowest BCUT2D eigenvalue weighted by molar-refractivity contribution is -0.151. The first-order valence-corrected chi connectivity index (χ1v) is 8.08. The number of hydrogen-bond donors (Lipinski definition) is 2. The van der Waals surface area contributed by atoms with Crippen molar-refractivity contribution in [3.63, 3.8) is 0 Å². The number of aliphatic carboxylic acids is 1. The van der Waals surface area contributed by atoms with Crippen molar-refractivity contribution in [2.24, 2.45) is 0 Å². The number of carboxylic acid groups (broad SMARTS) is 1.